The Labute approximate surface area is 171 Å². The lowest BCUT2D eigenvalue weighted by Gasteiger charge is -2.31. The maximum Gasteiger partial charge on any atom is 0.228 e. The molecule has 3 rings (SSSR count). The minimum absolute atomic E-state index is 0.111. The van der Waals surface area contributed by atoms with Crippen molar-refractivity contribution in [3.63, 3.8) is 0 Å². The molecule has 0 saturated carbocycles. The van der Waals surface area contributed by atoms with Crippen molar-refractivity contribution in [2.45, 2.75) is 31.9 Å². The Kier molecular flexibility index (Phi) is 6.75. The summed E-state index contributed by atoms with van der Waals surface area (Å²) in [5, 5.41) is 3.43. The van der Waals surface area contributed by atoms with Crippen LogP contribution in [0, 0.1) is 5.92 Å². The quantitative estimate of drug-likeness (QED) is 0.765. The van der Waals surface area contributed by atoms with E-state index in [1.54, 1.807) is 24.3 Å². The van der Waals surface area contributed by atoms with Gasteiger partial charge in [-0.2, -0.15) is 0 Å². The maximum atomic E-state index is 12.8. The Balaban J connectivity index is 1.64. The Bertz CT molecular complexity index is 929. The second-order valence-electron chi connectivity index (χ2n) is 7.12. The summed E-state index contributed by atoms with van der Waals surface area (Å²) in [5.74, 6) is -0.596. The van der Waals surface area contributed by atoms with Crippen LogP contribution in [0.25, 0.3) is 0 Å². The standard InChI is InChI=1S/C21H25ClN2O3S/c1-2-16-8-10-20(11-9-16)23-21(25)18-6-4-12-24(14-18)28(26,27)15-17-5-3-7-19(22)13-17/h3,5,7-11,13,18H,2,4,6,12,14-15H2,1H3,(H,23,25)/t18-/m1/s1. The van der Waals surface area contributed by atoms with Gasteiger partial charge in [0.25, 0.3) is 0 Å². The molecule has 1 aliphatic heterocycles. The Morgan fingerprint density at radius 2 is 1.93 bits per heavy atom. The van der Waals surface area contributed by atoms with Gasteiger partial charge in [0, 0.05) is 23.8 Å². The number of hydrogen-bond donors (Lipinski definition) is 1. The van der Waals surface area contributed by atoms with Crippen LogP contribution >= 0.6 is 11.6 Å². The maximum absolute atomic E-state index is 12.8. The van der Waals surface area contributed by atoms with Crippen LogP contribution in [-0.2, 0) is 27.0 Å². The van der Waals surface area contributed by atoms with E-state index < -0.39 is 10.0 Å². The summed E-state index contributed by atoms with van der Waals surface area (Å²) in [7, 11) is -3.51. The van der Waals surface area contributed by atoms with Crippen molar-refractivity contribution >= 4 is 33.2 Å². The normalized spacial score (nSPS) is 18.0. The minimum Gasteiger partial charge on any atom is -0.326 e. The fourth-order valence-electron chi connectivity index (χ4n) is 3.41. The molecule has 0 aliphatic carbocycles. The first-order valence-corrected chi connectivity index (χ1v) is 11.5. The lowest BCUT2D eigenvalue weighted by Crippen LogP contribution is -2.44. The molecule has 1 N–H and O–H groups in total. The zero-order chi connectivity index (χ0) is 20.1. The van der Waals surface area contributed by atoms with Gasteiger partial charge in [0.05, 0.1) is 11.7 Å². The molecule has 7 heteroatoms. The first-order chi connectivity index (χ1) is 13.4. The zero-order valence-corrected chi connectivity index (χ0v) is 17.5. The van der Waals surface area contributed by atoms with E-state index in [0.717, 1.165) is 12.1 Å². The van der Waals surface area contributed by atoms with Crippen LogP contribution in [0.2, 0.25) is 5.02 Å². The lowest BCUT2D eigenvalue weighted by atomic mass is 9.98. The summed E-state index contributed by atoms with van der Waals surface area (Å²) in [4.78, 5) is 12.6. The fourth-order valence-corrected chi connectivity index (χ4v) is 5.22. The van der Waals surface area contributed by atoms with Crippen molar-refractivity contribution in [1.29, 1.82) is 0 Å². The molecule has 0 spiro atoms. The van der Waals surface area contributed by atoms with E-state index in [1.165, 1.54) is 9.87 Å². The highest BCUT2D eigenvalue weighted by atomic mass is 35.5. The molecule has 1 aliphatic rings. The minimum atomic E-state index is -3.51. The van der Waals surface area contributed by atoms with Gasteiger partial charge in [-0.05, 0) is 54.7 Å². The number of nitrogens with one attached hydrogen (secondary N) is 1. The number of carbonyl (C=O) groups is 1. The van der Waals surface area contributed by atoms with E-state index in [4.69, 9.17) is 11.6 Å². The molecule has 1 heterocycles. The van der Waals surface area contributed by atoms with Gasteiger partial charge in [-0.15, -0.1) is 0 Å². The second kappa shape index (κ2) is 9.07. The predicted molar refractivity (Wildman–Crippen MR) is 113 cm³/mol. The van der Waals surface area contributed by atoms with Crippen molar-refractivity contribution in [1.82, 2.24) is 4.31 Å². The number of piperidine rings is 1. The Hall–Kier alpha value is -1.89. The average Bonchev–Trinajstić information content (AvgIpc) is 2.68. The van der Waals surface area contributed by atoms with Crippen LogP contribution in [0.1, 0.15) is 30.9 Å². The average molecular weight is 421 g/mol. The zero-order valence-electron chi connectivity index (χ0n) is 15.9. The number of benzene rings is 2. The summed E-state index contributed by atoms with van der Waals surface area (Å²) in [6, 6.07) is 14.6. The molecule has 1 amide bonds. The third-order valence-electron chi connectivity index (χ3n) is 5.02. The molecular weight excluding hydrogens is 396 g/mol. The molecule has 150 valence electrons. The number of amides is 1. The van der Waals surface area contributed by atoms with Crippen molar-refractivity contribution in [2.75, 3.05) is 18.4 Å². The van der Waals surface area contributed by atoms with E-state index in [9.17, 15) is 13.2 Å². The number of anilines is 1. The van der Waals surface area contributed by atoms with Crippen LogP contribution in [-0.4, -0.2) is 31.7 Å². The highest BCUT2D eigenvalue weighted by Crippen LogP contribution is 2.24. The molecule has 0 radical (unpaired) electrons. The number of rotatable bonds is 6. The summed E-state index contributed by atoms with van der Waals surface area (Å²) in [5.41, 5.74) is 2.59. The van der Waals surface area contributed by atoms with Crippen LogP contribution in [0.15, 0.2) is 48.5 Å². The van der Waals surface area contributed by atoms with Gasteiger partial charge in [0.2, 0.25) is 15.9 Å². The molecule has 0 bridgehead atoms. The first kappa shape index (κ1) is 20.8. The molecule has 28 heavy (non-hydrogen) atoms. The Morgan fingerprint density at radius 3 is 2.61 bits per heavy atom. The van der Waals surface area contributed by atoms with Crippen LogP contribution < -0.4 is 5.32 Å². The molecule has 2 aromatic rings. The van der Waals surface area contributed by atoms with Crippen LogP contribution in [0.4, 0.5) is 5.69 Å². The van der Waals surface area contributed by atoms with E-state index in [1.807, 2.05) is 24.3 Å². The Morgan fingerprint density at radius 1 is 1.18 bits per heavy atom. The highest BCUT2D eigenvalue weighted by molar-refractivity contribution is 7.88. The summed E-state index contributed by atoms with van der Waals surface area (Å²) in [6.45, 7) is 2.73. The van der Waals surface area contributed by atoms with Crippen molar-refractivity contribution < 1.29 is 13.2 Å². The van der Waals surface area contributed by atoms with Crippen molar-refractivity contribution in [2.24, 2.45) is 5.92 Å². The van der Waals surface area contributed by atoms with Crippen LogP contribution in [0.3, 0.4) is 0 Å². The van der Waals surface area contributed by atoms with Gasteiger partial charge in [0.15, 0.2) is 0 Å². The van der Waals surface area contributed by atoms with Gasteiger partial charge in [0.1, 0.15) is 0 Å². The number of halogens is 1. The molecular formula is C21H25ClN2O3S. The highest BCUT2D eigenvalue weighted by Gasteiger charge is 2.32. The monoisotopic (exact) mass is 420 g/mol. The van der Waals surface area contributed by atoms with Crippen molar-refractivity contribution in [3.8, 4) is 0 Å². The van der Waals surface area contributed by atoms with Gasteiger partial charge in [-0.3, -0.25) is 4.79 Å². The molecule has 0 aromatic heterocycles. The SMILES string of the molecule is CCc1ccc(NC(=O)[C@@H]2CCCN(S(=O)(=O)Cc3cccc(Cl)c3)C2)cc1. The molecule has 5 nitrogen and oxygen atoms in total. The summed E-state index contributed by atoms with van der Waals surface area (Å²) in [6.07, 6.45) is 2.29. The van der Waals surface area contributed by atoms with Gasteiger partial charge >= 0.3 is 0 Å². The summed E-state index contributed by atoms with van der Waals surface area (Å²) < 4.78 is 27.1. The number of aryl methyl sites for hydroxylation is 1. The van der Waals surface area contributed by atoms with Crippen molar-refractivity contribution in [3.05, 3.63) is 64.7 Å². The number of sulfonamides is 1. The van der Waals surface area contributed by atoms with E-state index >= 15 is 0 Å². The predicted octanol–water partition coefficient (Wildman–Crippen LogP) is 4.08. The molecule has 1 fully saturated rings. The molecule has 1 saturated heterocycles. The smallest absolute Gasteiger partial charge is 0.228 e. The van der Waals surface area contributed by atoms with E-state index in [2.05, 4.69) is 12.2 Å². The summed E-state index contributed by atoms with van der Waals surface area (Å²) >= 11 is 5.96. The fraction of sp³-hybridized carbons (Fsp3) is 0.381. The lowest BCUT2D eigenvalue weighted by molar-refractivity contribution is -0.120. The van der Waals surface area contributed by atoms with E-state index in [-0.39, 0.29) is 24.1 Å². The largest absolute Gasteiger partial charge is 0.326 e. The first-order valence-electron chi connectivity index (χ1n) is 9.49. The third-order valence-corrected chi connectivity index (χ3v) is 7.07. The topological polar surface area (TPSA) is 66.5 Å². The second-order valence-corrected chi connectivity index (χ2v) is 9.53. The van der Waals surface area contributed by atoms with Crippen LogP contribution in [0.5, 0.6) is 0 Å². The van der Waals surface area contributed by atoms with Gasteiger partial charge < -0.3 is 5.32 Å². The van der Waals surface area contributed by atoms with Gasteiger partial charge in [-0.25, -0.2) is 12.7 Å². The molecule has 2 aromatic carbocycles. The third kappa shape index (κ3) is 5.34. The number of carbonyl (C=O) groups excluding carboxylic acids is 1. The van der Waals surface area contributed by atoms with E-state index in [0.29, 0.717) is 30.0 Å². The van der Waals surface area contributed by atoms with Gasteiger partial charge in [-0.1, -0.05) is 42.8 Å². The molecule has 0 unspecified atom stereocenters. The molecule has 1 atom stereocenters. The number of hydrogen-bond acceptors (Lipinski definition) is 3. The number of nitrogens with zero attached hydrogens (tertiary/aromatic N) is 1.